The molecule has 0 saturated carbocycles. The molecule has 0 saturated heterocycles. The highest BCUT2D eigenvalue weighted by molar-refractivity contribution is 14.0. The second kappa shape index (κ2) is 10.8. The zero-order valence-corrected chi connectivity index (χ0v) is 20.1. The summed E-state index contributed by atoms with van der Waals surface area (Å²) >= 11 is 12.2. The average Bonchev–Trinajstić information content (AvgIpc) is 3.05. The van der Waals surface area contributed by atoms with E-state index in [1.807, 2.05) is 50.5 Å². The molecule has 0 aliphatic rings. The minimum absolute atomic E-state index is 0. The number of hydrogen-bond acceptors (Lipinski definition) is 2. The molecule has 3 rings (SSSR count). The third kappa shape index (κ3) is 6.62. The van der Waals surface area contributed by atoms with Crippen LogP contribution in [0.4, 0.5) is 0 Å². The number of imidazole rings is 1. The minimum Gasteiger partial charge on any atom is -0.370 e. The predicted octanol–water partition coefficient (Wildman–Crippen LogP) is 5.33. The number of hydrogen-bond donors (Lipinski definition) is 2. The number of nitrogens with one attached hydrogen (secondary N) is 1. The first kappa shape index (κ1) is 23.5. The predicted molar refractivity (Wildman–Crippen MR) is 131 cm³/mol. The number of guanidine groups is 1. The highest BCUT2D eigenvalue weighted by Crippen LogP contribution is 2.25. The fourth-order valence-electron chi connectivity index (χ4n) is 2.97. The van der Waals surface area contributed by atoms with Crippen LogP contribution < -0.4 is 11.1 Å². The van der Waals surface area contributed by atoms with Gasteiger partial charge in [0, 0.05) is 29.0 Å². The van der Waals surface area contributed by atoms with Gasteiger partial charge in [0.25, 0.3) is 0 Å². The van der Waals surface area contributed by atoms with E-state index in [2.05, 4.69) is 32.0 Å². The quantitative estimate of drug-likeness (QED) is 0.251. The molecule has 1 atom stereocenters. The number of aliphatic imine (C=N–C) groups is 1. The van der Waals surface area contributed by atoms with E-state index in [4.69, 9.17) is 28.9 Å². The van der Waals surface area contributed by atoms with Crippen molar-refractivity contribution in [3.63, 3.8) is 0 Å². The zero-order valence-electron chi connectivity index (χ0n) is 16.3. The summed E-state index contributed by atoms with van der Waals surface area (Å²) in [6.07, 6.45) is 3.79. The molecular weight excluding hydrogens is 520 g/mol. The number of aryl methyl sites for hydroxylation is 1. The molecule has 8 heteroatoms. The van der Waals surface area contributed by atoms with Gasteiger partial charge in [0.1, 0.15) is 5.82 Å². The second-order valence-electron chi connectivity index (χ2n) is 6.66. The van der Waals surface area contributed by atoms with E-state index in [9.17, 15) is 0 Å². The van der Waals surface area contributed by atoms with Gasteiger partial charge >= 0.3 is 0 Å². The van der Waals surface area contributed by atoms with Crippen LogP contribution in [-0.2, 0) is 13.1 Å². The number of benzene rings is 2. The van der Waals surface area contributed by atoms with Gasteiger partial charge < -0.3 is 15.6 Å². The van der Waals surface area contributed by atoms with Crippen LogP contribution in [0.2, 0.25) is 10.0 Å². The molecule has 1 unspecified atom stereocenters. The van der Waals surface area contributed by atoms with E-state index in [-0.39, 0.29) is 30.0 Å². The van der Waals surface area contributed by atoms with Crippen molar-refractivity contribution in [1.82, 2.24) is 14.9 Å². The Morgan fingerprint density at radius 1 is 1.21 bits per heavy atom. The Bertz CT molecular complexity index is 987. The number of halogens is 3. The normalized spacial score (nSPS) is 12.3. The van der Waals surface area contributed by atoms with Gasteiger partial charge in [-0.05, 0) is 42.7 Å². The molecule has 0 fully saturated rings. The lowest BCUT2D eigenvalue weighted by Gasteiger charge is -2.16. The van der Waals surface area contributed by atoms with Gasteiger partial charge in [-0.3, -0.25) is 0 Å². The summed E-state index contributed by atoms with van der Waals surface area (Å²) in [5.74, 6) is 1.36. The molecule has 3 aromatic rings. The van der Waals surface area contributed by atoms with Crippen molar-refractivity contribution in [3.8, 4) is 0 Å². The SMILES string of the molecule is Cc1nccn1Cc1cccc(CN=C(N)NC(C)c2ccc(Cl)cc2Cl)c1.I. The van der Waals surface area contributed by atoms with Crippen LogP contribution in [0.1, 0.15) is 35.5 Å². The van der Waals surface area contributed by atoms with Crippen molar-refractivity contribution in [1.29, 1.82) is 0 Å². The van der Waals surface area contributed by atoms with Crippen LogP contribution in [0.3, 0.4) is 0 Å². The monoisotopic (exact) mass is 543 g/mol. The molecule has 0 bridgehead atoms. The van der Waals surface area contributed by atoms with Gasteiger partial charge in [-0.25, -0.2) is 9.98 Å². The van der Waals surface area contributed by atoms with E-state index < -0.39 is 0 Å². The largest absolute Gasteiger partial charge is 0.370 e. The standard InChI is InChI=1S/C21H23Cl2N5.HI/c1-14(19-7-6-18(22)11-20(19)23)27-21(24)26-12-16-4-3-5-17(10-16)13-28-9-8-25-15(28)2;/h3-11,14H,12-13H2,1-2H3,(H3,24,26,27);1H. The average molecular weight is 544 g/mol. The van der Waals surface area contributed by atoms with Crippen molar-refractivity contribution in [2.24, 2.45) is 10.7 Å². The van der Waals surface area contributed by atoms with Gasteiger partial charge in [-0.2, -0.15) is 0 Å². The van der Waals surface area contributed by atoms with E-state index >= 15 is 0 Å². The maximum Gasteiger partial charge on any atom is 0.189 e. The number of rotatable bonds is 6. The Labute approximate surface area is 198 Å². The van der Waals surface area contributed by atoms with Crippen molar-refractivity contribution < 1.29 is 0 Å². The van der Waals surface area contributed by atoms with Gasteiger partial charge in [0.05, 0.1) is 12.6 Å². The first-order valence-electron chi connectivity index (χ1n) is 8.99. The van der Waals surface area contributed by atoms with E-state index in [1.165, 1.54) is 5.56 Å². The van der Waals surface area contributed by atoms with Gasteiger partial charge in [0.2, 0.25) is 0 Å². The second-order valence-corrected chi connectivity index (χ2v) is 7.50. The zero-order chi connectivity index (χ0) is 20.1. The summed E-state index contributed by atoms with van der Waals surface area (Å²) in [5.41, 5.74) is 9.27. The van der Waals surface area contributed by atoms with Gasteiger partial charge in [-0.15, -0.1) is 24.0 Å². The summed E-state index contributed by atoms with van der Waals surface area (Å²) in [6.45, 7) is 5.25. The smallest absolute Gasteiger partial charge is 0.189 e. The first-order valence-corrected chi connectivity index (χ1v) is 9.75. The summed E-state index contributed by atoms with van der Waals surface area (Å²) < 4.78 is 2.11. The Kier molecular flexibility index (Phi) is 8.79. The molecule has 29 heavy (non-hydrogen) atoms. The third-order valence-corrected chi connectivity index (χ3v) is 5.06. The number of nitrogens with two attached hydrogens (primary N) is 1. The van der Waals surface area contributed by atoms with E-state index in [0.717, 1.165) is 23.5 Å². The lowest BCUT2D eigenvalue weighted by molar-refractivity contribution is 0.708. The van der Waals surface area contributed by atoms with Crippen molar-refractivity contribution in [2.45, 2.75) is 33.0 Å². The lowest BCUT2D eigenvalue weighted by Crippen LogP contribution is -2.34. The maximum absolute atomic E-state index is 6.26. The molecule has 5 nitrogen and oxygen atoms in total. The maximum atomic E-state index is 6.26. The summed E-state index contributed by atoms with van der Waals surface area (Å²) in [7, 11) is 0. The highest BCUT2D eigenvalue weighted by Gasteiger charge is 2.10. The molecular formula is C21H24Cl2IN5. The Balaban J connectivity index is 0.00000300. The summed E-state index contributed by atoms with van der Waals surface area (Å²) in [6, 6.07) is 13.6. The van der Waals surface area contributed by atoms with Crippen LogP contribution in [0.25, 0.3) is 0 Å². The first-order chi connectivity index (χ1) is 13.4. The van der Waals surface area contributed by atoms with Gasteiger partial charge in [-0.1, -0.05) is 53.5 Å². The highest BCUT2D eigenvalue weighted by atomic mass is 127. The molecule has 1 aromatic heterocycles. The topological polar surface area (TPSA) is 68.2 Å². The van der Waals surface area contributed by atoms with Crippen molar-refractivity contribution >= 4 is 53.1 Å². The van der Waals surface area contributed by atoms with E-state index in [0.29, 0.717) is 22.5 Å². The molecule has 1 heterocycles. The fraction of sp³-hybridized carbons (Fsp3) is 0.238. The summed E-state index contributed by atoms with van der Waals surface area (Å²) in [4.78, 5) is 8.72. The Morgan fingerprint density at radius 3 is 2.66 bits per heavy atom. The molecule has 3 N–H and O–H groups in total. The van der Waals surface area contributed by atoms with Crippen molar-refractivity contribution in [2.75, 3.05) is 0 Å². The molecule has 2 aromatic carbocycles. The van der Waals surface area contributed by atoms with Crippen LogP contribution in [0.5, 0.6) is 0 Å². The molecule has 0 aliphatic heterocycles. The van der Waals surface area contributed by atoms with Crippen LogP contribution in [0.15, 0.2) is 59.9 Å². The van der Waals surface area contributed by atoms with Crippen LogP contribution >= 0.6 is 47.2 Å². The van der Waals surface area contributed by atoms with Crippen LogP contribution in [0, 0.1) is 6.92 Å². The number of aromatic nitrogens is 2. The Morgan fingerprint density at radius 2 is 1.97 bits per heavy atom. The van der Waals surface area contributed by atoms with Crippen LogP contribution in [-0.4, -0.2) is 15.5 Å². The lowest BCUT2D eigenvalue weighted by atomic mass is 10.1. The summed E-state index contributed by atoms with van der Waals surface area (Å²) in [5, 5.41) is 4.38. The van der Waals surface area contributed by atoms with E-state index in [1.54, 1.807) is 6.07 Å². The Hall–Kier alpha value is -1.77. The molecule has 0 amide bonds. The fourth-order valence-corrected chi connectivity index (χ4v) is 3.54. The van der Waals surface area contributed by atoms with Gasteiger partial charge in [0.15, 0.2) is 5.96 Å². The third-order valence-electron chi connectivity index (χ3n) is 4.49. The molecule has 0 aliphatic carbocycles. The van der Waals surface area contributed by atoms with Crippen molar-refractivity contribution in [3.05, 3.63) is 87.4 Å². The number of nitrogens with zero attached hydrogens (tertiary/aromatic N) is 3. The minimum atomic E-state index is -0.0796. The molecule has 0 spiro atoms. The molecule has 0 radical (unpaired) electrons. The molecule has 154 valence electrons.